The van der Waals surface area contributed by atoms with Crippen molar-refractivity contribution < 1.29 is 9.90 Å². The summed E-state index contributed by atoms with van der Waals surface area (Å²) < 4.78 is 0. The average molecular weight is 392 g/mol. The van der Waals surface area contributed by atoms with Crippen molar-refractivity contribution in [1.82, 2.24) is 15.1 Å². The van der Waals surface area contributed by atoms with Crippen LogP contribution in [-0.2, 0) is 0 Å². The van der Waals surface area contributed by atoms with Gasteiger partial charge in [0.2, 0.25) is 0 Å². The molecule has 3 heterocycles. The molecule has 3 aromatic rings. The summed E-state index contributed by atoms with van der Waals surface area (Å²) in [5, 5.41) is 28.4. The number of benzene rings is 1. The highest BCUT2D eigenvalue weighted by Gasteiger charge is 2.33. The van der Waals surface area contributed by atoms with Crippen molar-refractivity contribution in [1.29, 1.82) is 5.26 Å². The van der Waals surface area contributed by atoms with Gasteiger partial charge < -0.3 is 10.0 Å². The van der Waals surface area contributed by atoms with Crippen molar-refractivity contribution in [3.05, 3.63) is 64.0 Å². The van der Waals surface area contributed by atoms with E-state index in [1.54, 1.807) is 18.3 Å². The van der Waals surface area contributed by atoms with Gasteiger partial charge >= 0.3 is 0 Å². The van der Waals surface area contributed by atoms with E-state index in [4.69, 9.17) is 5.26 Å². The Balaban J connectivity index is 1.54. The predicted molar refractivity (Wildman–Crippen MR) is 107 cm³/mol. The van der Waals surface area contributed by atoms with Gasteiger partial charge in [-0.15, -0.1) is 11.3 Å². The molecule has 2 unspecified atom stereocenters. The van der Waals surface area contributed by atoms with Crippen LogP contribution in [0.3, 0.4) is 0 Å². The Bertz CT molecular complexity index is 988. The van der Waals surface area contributed by atoms with E-state index in [1.807, 2.05) is 34.5 Å². The van der Waals surface area contributed by atoms with E-state index in [9.17, 15) is 9.90 Å². The number of hydrogen-bond donors (Lipinski definition) is 2. The SMILES string of the molecule is N#Cc1ccc(-c2[nH]ncc2C(=O)N2CCCC2CC(O)c2cccs2)cc1. The number of nitriles is 1. The maximum atomic E-state index is 13.2. The lowest BCUT2D eigenvalue weighted by atomic mass is 10.0. The molecule has 1 aromatic carbocycles. The first-order valence-electron chi connectivity index (χ1n) is 9.23. The van der Waals surface area contributed by atoms with Gasteiger partial charge in [0, 0.05) is 23.0 Å². The van der Waals surface area contributed by atoms with Crippen molar-refractivity contribution in [3.8, 4) is 17.3 Å². The average Bonchev–Trinajstić information content (AvgIpc) is 3.48. The highest BCUT2D eigenvalue weighted by molar-refractivity contribution is 7.10. The molecule has 1 fully saturated rings. The summed E-state index contributed by atoms with van der Waals surface area (Å²) in [5.41, 5.74) is 2.55. The fourth-order valence-electron chi connectivity index (χ4n) is 3.74. The summed E-state index contributed by atoms with van der Waals surface area (Å²) in [6, 6.07) is 13.0. The first-order chi connectivity index (χ1) is 13.7. The number of amides is 1. The molecule has 4 rings (SSSR count). The molecule has 1 amide bonds. The minimum absolute atomic E-state index is 0.00770. The van der Waals surface area contributed by atoms with Crippen LogP contribution in [-0.4, -0.2) is 38.7 Å². The van der Waals surface area contributed by atoms with Crippen LogP contribution in [0.1, 0.15) is 46.2 Å². The van der Waals surface area contributed by atoms with Crippen LogP contribution in [0, 0.1) is 11.3 Å². The third-order valence-electron chi connectivity index (χ3n) is 5.18. The molecule has 0 bridgehead atoms. The summed E-state index contributed by atoms with van der Waals surface area (Å²) in [5.74, 6) is -0.0750. The Morgan fingerprint density at radius 3 is 2.93 bits per heavy atom. The van der Waals surface area contributed by atoms with E-state index in [1.165, 1.54) is 11.3 Å². The number of likely N-dealkylation sites (tertiary alicyclic amines) is 1. The van der Waals surface area contributed by atoms with Crippen molar-refractivity contribution in [2.45, 2.75) is 31.4 Å². The molecule has 2 N–H and O–H groups in total. The number of aliphatic hydroxyl groups excluding tert-OH is 1. The van der Waals surface area contributed by atoms with Gasteiger partial charge in [-0.2, -0.15) is 10.4 Å². The number of H-pyrrole nitrogens is 1. The van der Waals surface area contributed by atoms with E-state index < -0.39 is 6.10 Å². The van der Waals surface area contributed by atoms with Crippen molar-refractivity contribution in [2.24, 2.45) is 0 Å². The molecule has 7 heteroatoms. The molecule has 0 spiro atoms. The van der Waals surface area contributed by atoms with Crippen LogP contribution in [0.25, 0.3) is 11.3 Å². The molecule has 0 aliphatic carbocycles. The number of carbonyl (C=O) groups excluding carboxylic acids is 1. The Morgan fingerprint density at radius 2 is 2.21 bits per heavy atom. The van der Waals surface area contributed by atoms with Crippen molar-refractivity contribution in [2.75, 3.05) is 6.54 Å². The quantitative estimate of drug-likeness (QED) is 0.692. The Kier molecular flexibility index (Phi) is 5.24. The van der Waals surface area contributed by atoms with E-state index in [2.05, 4.69) is 16.3 Å². The Morgan fingerprint density at radius 1 is 1.39 bits per heavy atom. The number of hydrogen-bond acceptors (Lipinski definition) is 5. The number of rotatable bonds is 5. The molecular weight excluding hydrogens is 372 g/mol. The maximum Gasteiger partial charge on any atom is 0.257 e. The van der Waals surface area contributed by atoms with Gasteiger partial charge in [-0.05, 0) is 42.8 Å². The molecule has 6 nitrogen and oxygen atoms in total. The summed E-state index contributed by atoms with van der Waals surface area (Å²) >= 11 is 1.53. The zero-order valence-electron chi connectivity index (χ0n) is 15.2. The van der Waals surface area contributed by atoms with Crippen LogP contribution in [0.2, 0.25) is 0 Å². The normalized spacial score (nSPS) is 17.4. The van der Waals surface area contributed by atoms with Gasteiger partial charge in [0.1, 0.15) is 0 Å². The summed E-state index contributed by atoms with van der Waals surface area (Å²) in [6.45, 7) is 0.679. The Hall–Kier alpha value is -2.95. The van der Waals surface area contributed by atoms with Gasteiger partial charge in [0.05, 0.1) is 35.2 Å². The monoisotopic (exact) mass is 392 g/mol. The lowest BCUT2D eigenvalue weighted by Gasteiger charge is -2.26. The van der Waals surface area contributed by atoms with Crippen LogP contribution >= 0.6 is 11.3 Å². The maximum absolute atomic E-state index is 13.2. The molecule has 1 aliphatic heterocycles. The molecule has 0 radical (unpaired) electrons. The second-order valence-electron chi connectivity index (χ2n) is 6.91. The van der Waals surface area contributed by atoms with E-state index >= 15 is 0 Å². The first kappa shape index (κ1) is 18.4. The molecule has 0 saturated carbocycles. The largest absolute Gasteiger partial charge is 0.387 e. The van der Waals surface area contributed by atoms with Crippen LogP contribution in [0.5, 0.6) is 0 Å². The molecule has 2 atom stereocenters. The highest BCUT2D eigenvalue weighted by atomic mass is 32.1. The lowest BCUT2D eigenvalue weighted by Crippen LogP contribution is -2.36. The van der Waals surface area contributed by atoms with Crippen molar-refractivity contribution >= 4 is 17.2 Å². The lowest BCUT2D eigenvalue weighted by molar-refractivity contribution is 0.0671. The summed E-state index contributed by atoms with van der Waals surface area (Å²) in [4.78, 5) is 16.0. The standard InChI is InChI=1S/C21H20N4O2S/c22-12-14-5-7-15(8-6-14)20-17(13-23-24-20)21(27)25-9-1-3-16(25)11-18(26)19-4-2-10-28-19/h2,4-8,10,13,16,18,26H,1,3,9,11H2,(H,23,24). The van der Waals surface area contributed by atoms with Gasteiger partial charge in [-0.25, -0.2) is 0 Å². The fraction of sp³-hybridized carbons (Fsp3) is 0.286. The topological polar surface area (TPSA) is 93.0 Å². The zero-order valence-corrected chi connectivity index (χ0v) is 16.0. The zero-order chi connectivity index (χ0) is 19.5. The van der Waals surface area contributed by atoms with E-state index in [0.717, 1.165) is 23.3 Å². The van der Waals surface area contributed by atoms with Gasteiger partial charge in [-0.1, -0.05) is 18.2 Å². The van der Waals surface area contributed by atoms with Gasteiger partial charge in [0.15, 0.2) is 0 Å². The second-order valence-corrected chi connectivity index (χ2v) is 7.89. The smallest absolute Gasteiger partial charge is 0.257 e. The second kappa shape index (κ2) is 7.97. The molecular formula is C21H20N4O2S. The highest BCUT2D eigenvalue weighted by Crippen LogP contribution is 2.32. The van der Waals surface area contributed by atoms with Gasteiger partial charge in [-0.3, -0.25) is 9.89 Å². The number of aliphatic hydroxyl groups is 1. The molecule has 142 valence electrons. The van der Waals surface area contributed by atoms with Crippen molar-refractivity contribution in [3.63, 3.8) is 0 Å². The Labute approximate surface area is 167 Å². The fourth-order valence-corrected chi connectivity index (χ4v) is 4.46. The van der Waals surface area contributed by atoms with E-state index in [-0.39, 0.29) is 11.9 Å². The third-order valence-corrected chi connectivity index (χ3v) is 6.15. The molecule has 28 heavy (non-hydrogen) atoms. The van der Waals surface area contributed by atoms with Crippen LogP contribution in [0.15, 0.2) is 48.0 Å². The van der Waals surface area contributed by atoms with E-state index in [0.29, 0.717) is 29.8 Å². The van der Waals surface area contributed by atoms with Gasteiger partial charge in [0.25, 0.3) is 5.91 Å². The summed E-state index contributed by atoms with van der Waals surface area (Å²) in [7, 11) is 0. The number of aromatic nitrogens is 2. The summed E-state index contributed by atoms with van der Waals surface area (Å²) in [6.07, 6.45) is 3.35. The number of thiophene rings is 1. The van der Waals surface area contributed by atoms with Crippen LogP contribution in [0.4, 0.5) is 0 Å². The third kappa shape index (κ3) is 3.57. The predicted octanol–water partition coefficient (Wildman–Crippen LogP) is 3.74. The first-order valence-corrected chi connectivity index (χ1v) is 10.1. The number of nitrogens with one attached hydrogen (secondary N) is 1. The minimum atomic E-state index is -0.555. The molecule has 1 aliphatic rings. The molecule has 2 aromatic heterocycles. The number of carbonyl (C=O) groups is 1. The molecule has 1 saturated heterocycles. The number of aromatic amines is 1. The minimum Gasteiger partial charge on any atom is -0.387 e. The number of nitrogens with zero attached hydrogens (tertiary/aromatic N) is 3. The van der Waals surface area contributed by atoms with Crippen LogP contribution < -0.4 is 0 Å².